The summed E-state index contributed by atoms with van der Waals surface area (Å²) in [5.74, 6) is 5.90. The quantitative estimate of drug-likeness (QED) is 0.138. The highest BCUT2D eigenvalue weighted by Crippen LogP contribution is 2.27. The predicted octanol–water partition coefficient (Wildman–Crippen LogP) is 5.45. The number of fused-ring (bicyclic) bond motifs is 1. The maximum Gasteiger partial charge on any atom is 0.294 e. The number of allylic oxidation sites excluding steroid dienone is 1. The Balaban J connectivity index is 1.61. The van der Waals surface area contributed by atoms with Gasteiger partial charge in [0.05, 0.1) is 41.5 Å². The molecule has 0 atom stereocenters. The summed E-state index contributed by atoms with van der Waals surface area (Å²) >= 11 is 0. The Morgan fingerprint density at radius 3 is 2.73 bits per heavy atom. The standard InChI is InChI=1S/C34H37FN8O/c1-6-8-28(17-37-4)40-33-34(44)43(32(19-39-33)26-10-7-9-25(14-26)23(3)41(5)36)21-24-13-29(18-38-16-24)42-20-22(2)30-15-27(35)11-12-31(30)42/h7-16,18-20,37H,3,6,17,21,36H2,1-2,4-5H3,(H,39,40)/b28-8+. The van der Waals surface area contributed by atoms with Crippen LogP contribution in [0.1, 0.15) is 30.0 Å². The number of anilines is 1. The van der Waals surface area contributed by atoms with E-state index in [-0.39, 0.29) is 23.7 Å². The lowest BCUT2D eigenvalue weighted by molar-refractivity contribution is 0.512. The molecule has 3 heterocycles. The Kier molecular flexibility index (Phi) is 9.03. The summed E-state index contributed by atoms with van der Waals surface area (Å²) < 4.78 is 17.7. The first-order valence-corrected chi connectivity index (χ1v) is 14.4. The average Bonchev–Trinajstić information content (AvgIpc) is 3.34. The Hall–Kier alpha value is -5.06. The number of hydrogen-bond donors (Lipinski definition) is 3. The highest BCUT2D eigenvalue weighted by Gasteiger charge is 2.16. The van der Waals surface area contributed by atoms with Gasteiger partial charge >= 0.3 is 0 Å². The first-order chi connectivity index (χ1) is 21.2. The minimum absolute atomic E-state index is 0.226. The molecule has 0 unspecified atom stereocenters. The maximum atomic E-state index is 14.1. The van der Waals surface area contributed by atoms with Gasteiger partial charge in [0.25, 0.3) is 5.56 Å². The van der Waals surface area contributed by atoms with Crippen molar-refractivity contribution >= 4 is 22.4 Å². The molecule has 2 aromatic carbocycles. The molecule has 10 heteroatoms. The van der Waals surface area contributed by atoms with Crippen molar-refractivity contribution in [2.75, 3.05) is 26.0 Å². The minimum atomic E-state index is -0.281. The first-order valence-electron chi connectivity index (χ1n) is 14.4. The van der Waals surface area contributed by atoms with Gasteiger partial charge in [0.15, 0.2) is 5.82 Å². The van der Waals surface area contributed by atoms with E-state index in [0.29, 0.717) is 17.9 Å². The number of rotatable bonds is 11. The van der Waals surface area contributed by atoms with Crippen LogP contribution in [0.2, 0.25) is 0 Å². The van der Waals surface area contributed by atoms with Crippen LogP contribution in [-0.4, -0.2) is 44.8 Å². The Bertz CT molecular complexity index is 1920. The van der Waals surface area contributed by atoms with Gasteiger partial charge in [-0.2, -0.15) is 0 Å². The topological polar surface area (TPSA) is 106 Å². The van der Waals surface area contributed by atoms with Crippen molar-refractivity contribution in [3.8, 4) is 16.9 Å². The highest BCUT2D eigenvalue weighted by molar-refractivity contribution is 5.85. The van der Waals surface area contributed by atoms with E-state index in [1.54, 1.807) is 36.3 Å². The van der Waals surface area contributed by atoms with Crippen molar-refractivity contribution in [3.63, 3.8) is 0 Å². The number of aromatic nitrogens is 4. The summed E-state index contributed by atoms with van der Waals surface area (Å²) in [5, 5.41) is 8.65. The molecule has 9 nitrogen and oxygen atoms in total. The van der Waals surface area contributed by atoms with Crippen LogP contribution in [0.3, 0.4) is 0 Å². The second-order valence-corrected chi connectivity index (χ2v) is 10.7. The lowest BCUT2D eigenvalue weighted by atomic mass is 10.1. The van der Waals surface area contributed by atoms with Crippen molar-refractivity contribution in [2.45, 2.75) is 26.8 Å². The number of likely N-dealkylation sites (N-methyl/N-ethyl adjacent to an activating group) is 1. The smallest absolute Gasteiger partial charge is 0.294 e. The maximum absolute atomic E-state index is 14.1. The number of nitrogens with zero attached hydrogens (tertiary/aromatic N) is 5. The Labute approximate surface area is 256 Å². The summed E-state index contributed by atoms with van der Waals surface area (Å²) in [7, 11) is 3.58. The summed E-state index contributed by atoms with van der Waals surface area (Å²) in [6.45, 7) is 8.87. The van der Waals surface area contributed by atoms with E-state index in [0.717, 1.165) is 51.0 Å². The van der Waals surface area contributed by atoms with Gasteiger partial charge in [0.2, 0.25) is 0 Å². The molecule has 0 radical (unpaired) electrons. The van der Waals surface area contributed by atoms with Crippen molar-refractivity contribution in [1.82, 2.24) is 29.4 Å². The fourth-order valence-electron chi connectivity index (χ4n) is 5.23. The molecule has 0 aliphatic rings. The molecule has 5 aromatic rings. The van der Waals surface area contributed by atoms with Gasteiger partial charge < -0.3 is 20.2 Å². The van der Waals surface area contributed by atoms with Crippen LogP contribution in [-0.2, 0) is 6.54 Å². The van der Waals surface area contributed by atoms with Crippen LogP contribution in [0.25, 0.3) is 33.5 Å². The van der Waals surface area contributed by atoms with E-state index in [1.807, 2.05) is 68.1 Å². The first kappa shape index (κ1) is 30.4. The van der Waals surface area contributed by atoms with Gasteiger partial charge in [-0.25, -0.2) is 15.2 Å². The molecule has 0 saturated heterocycles. The zero-order valence-electron chi connectivity index (χ0n) is 25.4. The number of nitrogens with two attached hydrogens (primary N) is 1. The van der Waals surface area contributed by atoms with Gasteiger partial charge in [-0.05, 0) is 67.4 Å². The van der Waals surface area contributed by atoms with Gasteiger partial charge in [-0.15, -0.1) is 0 Å². The van der Waals surface area contributed by atoms with Crippen LogP contribution in [0.4, 0.5) is 10.2 Å². The third kappa shape index (κ3) is 6.31. The van der Waals surface area contributed by atoms with E-state index in [4.69, 9.17) is 5.84 Å². The normalized spacial score (nSPS) is 11.6. The molecule has 0 amide bonds. The van der Waals surface area contributed by atoms with Gasteiger partial charge in [-0.1, -0.05) is 37.8 Å². The molecule has 4 N–H and O–H groups in total. The zero-order chi connectivity index (χ0) is 31.4. The Morgan fingerprint density at radius 1 is 1.16 bits per heavy atom. The average molecular weight is 593 g/mol. The van der Waals surface area contributed by atoms with Crippen LogP contribution in [0.5, 0.6) is 0 Å². The second kappa shape index (κ2) is 13.1. The Morgan fingerprint density at radius 2 is 1.98 bits per heavy atom. The second-order valence-electron chi connectivity index (χ2n) is 10.7. The van der Waals surface area contributed by atoms with E-state index in [9.17, 15) is 9.18 Å². The van der Waals surface area contributed by atoms with Crippen LogP contribution in [0, 0.1) is 12.7 Å². The van der Waals surface area contributed by atoms with Crippen LogP contribution in [0.15, 0.2) is 96.5 Å². The molecule has 3 aromatic heterocycles. The number of hydrogen-bond acceptors (Lipinski definition) is 7. The molecule has 0 bridgehead atoms. The molecule has 5 rings (SSSR count). The van der Waals surface area contributed by atoms with Crippen molar-refractivity contribution in [1.29, 1.82) is 0 Å². The van der Waals surface area contributed by atoms with Gasteiger partial charge in [-0.3, -0.25) is 14.3 Å². The summed E-state index contributed by atoms with van der Waals surface area (Å²) in [4.78, 5) is 23.2. The summed E-state index contributed by atoms with van der Waals surface area (Å²) in [5.41, 5.74) is 6.92. The molecule has 0 saturated carbocycles. The molecule has 0 aliphatic heterocycles. The SMILES string of the molecule is C=C(c1cccc(-c2cnc(N/C(=C/CC)CNC)c(=O)n2Cc2cncc(-n3cc(C)c4cc(F)ccc43)c2)c1)N(C)N. The van der Waals surface area contributed by atoms with Gasteiger partial charge in [0, 0.05) is 42.6 Å². The third-order valence-electron chi connectivity index (χ3n) is 7.43. The fraction of sp³-hybridized carbons (Fsp3) is 0.206. The monoisotopic (exact) mass is 592 g/mol. The van der Waals surface area contributed by atoms with E-state index < -0.39 is 0 Å². The fourth-order valence-corrected chi connectivity index (χ4v) is 5.23. The molecule has 44 heavy (non-hydrogen) atoms. The van der Waals surface area contributed by atoms with Crippen LogP contribution >= 0.6 is 0 Å². The number of aryl methyl sites for hydroxylation is 1. The number of nitrogens with one attached hydrogen (secondary N) is 2. The highest BCUT2D eigenvalue weighted by atomic mass is 19.1. The molecular formula is C34H37FN8O. The predicted molar refractivity (Wildman–Crippen MR) is 176 cm³/mol. The van der Waals surface area contributed by atoms with Crippen molar-refractivity contribution < 1.29 is 4.39 Å². The van der Waals surface area contributed by atoms with E-state index >= 15 is 0 Å². The number of hydrazine groups is 1. The lowest BCUT2D eigenvalue weighted by Crippen LogP contribution is -2.28. The molecule has 226 valence electrons. The largest absolute Gasteiger partial charge is 0.338 e. The summed E-state index contributed by atoms with van der Waals surface area (Å²) in [6, 6.07) is 14.4. The molecule has 0 fully saturated rings. The molecular weight excluding hydrogens is 555 g/mol. The number of pyridine rings is 1. The number of halogens is 1. The molecule has 0 aliphatic carbocycles. The lowest BCUT2D eigenvalue weighted by Gasteiger charge is -2.19. The van der Waals surface area contributed by atoms with Crippen LogP contribution < -0.4 is 22.0 Å². The minimum Gasteiger partial charge on any atom is -0.338 e. The van der Waals surface area contributed by atoms with E-state index in [2.05, 4.69) is 27.2 Å². The van der Waals surface area contributed by atoms with Crippen molar-refractivity contribution in [3.05, 3.63) is 125 Å². The number of benzene rings is 2. The van der Waals surface area contributed by atoms with Gasteiger partial charge in [0.1, 0.15) is 5.82 Å². The third-order valence-corrected chi connectivity index (χ3v) is 7.43. The summed E-state index contributed by atoms with van der Waals surface area (Å²) in [6.07, 6.45) is 10.0. The van der Waals surface area contributed by atoms with E-state index in [1.165, 1.54) is 17.1 Å². The zero-order valence-corrected chi connectivity index (χ0v) is 25.4. The van der Waals surface area contributed by atoms with Crippen molar-refractivity contribution in [2.24, 2.45) is 5.84 Å². The molecule has 0 spiro atoms.